The van der Waals surface area contributed by atoms with E-state index in [2.05, 4.69) is 79.2 Å². The van der Waals surface area contributed by atoms with Crippen LogP contribution >= 0.6 is 0 Å². The molecule has 1 heteroatoms. The highest BCUT2D eigenvalue weighted by atomic mass is 15.0. The van der Waals surface area contributed by atoms with Crippen LogP contribution in [-0.4, -0.2) is 4.57 Å². The first kappa shape index (κ1) is 13.0. The lowest BCUT2D eigenvalue weighted by Crippen LogP contribution is -2.10. The Morgan fingerprint density at radius 2 is 1.70 bits per heavy atom. The van der Waals surface area contributed by atoms with E-state index in [1.807, 2.05) is 0 Å². The fourth-order valence-corrected chi connectivity index (χ4v) is 3.05. The van der Waals surface area contributed by atoms with Gasteiger partial charge in [-0.2, -0.15) is 0 Å². The predicted molar refractivity (Wildman–Crippen MR) is 86.2 cm³/mol. The highest BCUT2D eigenvalue weighted by Gasteiger charge is 2.16. The van der Waals surface area contributed by atoms with E-state index < -0.39 is 0 Å². The molecule has 0 spiro atoms. The van der Waals surface area contributed by atoms with Crippen molar-refractivity contribution in [1.29, 1.82) is 0 Å². The number of para-hydroxylation sites is 1. The Morgan fingerprint density at radius 1 is 0.950 bits per heavy atom. The molecule has 0 radical (unpaired) electrons. The molecule has 20 heavy (non-hydrogen) atoms. The van der Waals surface area contributed by atoms with Gasteiger partial charge in [0.1, 0.15) is 0 Å². The maximum absolute atomic E-state index is 2.43. The maximum atomic E-state index is 2.43. The van der Waals surface area contributed by atoms with Crippen LogP contribution in [0.1, 0.15) is 36.9 Å². The molecule has 3 aromatic rings. The molecule has 1 heterocycles. The third-order valence-corrected chi connectivity index (χ3v) is 4.07. The lowest BCUT2D eigenvalue weighted by molar-refractivity contribution is 0.546. The van der Waals surface area contributed by atoms with Crippen molar-refractivity contribution >= 4 is 10.9 Å². The van der Waals surface area contributed by atoms with Gasteiger partial charge >= 0.3 is 0 Å². The largest absolute Gasteiger partial charge is 0.340 e. The molecular formula is C19H21N. The monoisotopic (exact) mass is 263 g/mol. The van der Waals surface area contributed by atoms with Gasteiger partial charge < -0.3 is 4.57 Å². The average molecular weight is 263 g/mol. The molecule has 0 saturated heterocycles. The van der Waals surface area contributed by atoms with Crippen molar-refractivity contribution in [3.05, 3.63) is 71.9 Å². The lowest BCUT2D eigenvalue weighted by Gasteiger charge is -2.22. The minimum Gasteiger partial charge on any atom is -0.340 e. The van der Waals surface area contributed by atoms with Gasteiger partial charge in [0, 0.05) is 11.7 Å². The van der Waals surface area contributed by atoms with Crippen molar-refractivity contribution in [1.82, 2.24) is 4.57 Å². The van der Waals surface area contributed by atoms with Crippen LogP contribution < -0.4 is 0 Å². The van der Waals surface area contributed by atoms with E-state index in [4.69, 9.17) is 0 Å². The van der Waals surface area contributed by atoms with Crippen LogP contribution in [0.15, 0.2) is 60.8 Å². The van der Waals surface area contributed by atoms with Crippen LogP contribution in [0.4, 0.5) is 0 Å². The molecule has 0 N–H and O–H groups in total. The van der Waals surface area contributed by atoms with Crippen LogP contribution in [-0.2, 0) is 0 Å². The van der Waals surface area contributed by atoms with Crippen LogP contribution in [0, 0.1) is 6.92 Å². The van der Waals surface area contributed by atoms with Crippen LogP contribution in [0.5, 0.6) is 0 Å². The maximum Gasteiger partial charge on any atom is 0.0588 e. The normalized spacial score (nSPS) is 12.7. The fourth-order valence-electron chi connectivity index (χ4n) is 3.05. The number of nitrogens with zero attached hydrogens (tertiary/aromatic N) is 1. The predicted octanol–water partition coefficient (Wildman–Crippen LogP) is 5.34. The molecule has 0 aliphatic heterocycles. The molecule has 3 rings (SSSR count). The number of hydrogen-bond acceptors (Lipinski definition) is 0. The number of fused-ring (bicyclic) bond motifs is 1. The number of aromatic nitrogens is 1. The van der Waals surface area contributed by atoms with Crippen molar-refractivity contribution < 1.29 is 0 Å². The van der Waals surface area contributed by atoms with Crippen LogP contribution in [0.2, 0.25) is 0 Å². The van der Waals surface area contributed by atoms with E-state index in [1.54, 1.807) is 0 Å². The van der Waals surface area contributed by atoms with Crippen LogP contribution in [0.25, 0.3) is 10.9 Å². The fraction of sp³-hybridized carbons (Fsp3) is 0.263. The Balaban J connectivity index is 2.14. The Morgan fingerprint density at radius 3 is 2.50 bits per heavy atom. The summed E-state index contributed by atoms with van der Waals surface area (Å²) in [5, 5.41) is 1.32. The van der Waals surface area contributed by atoms with E-state index in [1.165, 1.54) is 34.9 Å². The van der Waals surface area contributed by atoms with E-state index in [0.717, 1.165) is 0 Å². The van der Waals surface area contributed by atoms with E-state index >= 15 is 0 Å². The number of aryl methyl sites for hydroxylation is 1. The summed E-state index contributed by atoms with van der Waals surface area (Å²) in [5.41, 5.74) is 4.15. The molecule has 0 saturated carbocycles. The van der Waals surface area contributed by atoms with Gasteiger partial charge in [0.05, 0.1) is 6.04 Å². The minimum atomic E-state index is 0.432. The first-order chi connectivity index (χ1) is 9.81. The highest BCUT2D eigenvalue weighted by molar-refractivity contribution is 5.80. The molecule has 0 fully saturated rings. The second-order valence-corrected chi connectivity index (χ2v) is 5.44. The van der Waals surface area contributed by atoms with Crippen LogP contribution in [0.3, 0.4) is 0 Å². The van der Waals surface area contributed by atoms with Crippen molar-refractivity contribution in [2.45, 2.75) is 32.7 Å². The summed E-state index contributed by atoms with van der Waals surface area (Å²) in [6, 6.07) is 20.0. The summed E-state index contributed by atoms with van der Waals surface area (Å²) in [4.78, 5) is 0. The van der Waals surface area contributed by atoms with Crippen molar-refractivity contribution in [2.75, 3.05) is 0 Å². The molecular weight excluding hydrogens is 242 g/mol. The molecule has 2 aromatic carbocycles. The molecule has 1 aromatic heterocycles. The molecule has 0 bridgehead atoms. The molecule has 0 amide bonds. The molecule has 102 valence electrons. The third-order valence-electron chi connectivity index (χ3n) is 4.07. The second kappa shape index (κ2) is 5.54. The van der Waals surface area contributed by atoms with Gasteiger partial charge in [-0.15, -0.1) is 0 Å². The Bertz CT molecular complexity index is 708. The zero-order valence-electron chi connectivity index (χ0n) is 12.2. The van der Waals surface area contributed by atoms with E-state index in [0.29, 0.717) is 6.04 Å². The Kier molecular flexibility index (Phi) is 3.60. The van der Waals surface area contributed by atoms with Gasteiger partial charge in [0.25, 0.3) is 0 Å². The standard InChI is InChI=1S/C19H21N/c1-3-8-19(17-11-6-4-9-15(17)2)20-14-13-16-10-5-7-12-18(16)20/h4-7,9-14,19H,3,8H2,1-2H3. The summed E-state index contributed by atoms with van der Waals surface area (Å²) in [5.74, 6) is 0. The number of rotatable bonds is 4. The van der Waals surface area contributed by atoms with E-state index in [-0.39, 0.29) is 0 Å². The van der Waals surface area contributed by atoms with Gasteiger partial charge in [-0.05, 0) is 42.0 Å². The summed E-state index contributed by atoms with van der Waals surface area (Å²) in [7, 11) is 0. The topological polar surface area (TPSA) is 4.93 Å². The second-order valence-electron chi connectivity index (χ2n) is 5.44. The molecule has 0 aliphatic rings. The van der Waals surface area contributed by atoms with Crippen molar-refractivity contribution in [3.8, 4) is 0 Å². The first-order valence-corrected chi connectivity index (χ1v) is 7.42. The smallest absolute Gasteiger partial charge is 0.0588 e. The quantitative estimate of drug-likeness (QED) is 0.599. The molecule has 0 aliphatic carbocycles. The van der Waals surface area contributed by atoms with Gasteiger partial charge in [-0.3, -0.25) is 0 Å². The van der Waals surface area contributed by atoms with Gasteiger partial charge in [0.2, 0.25) is 0 Å². The Hall–Kier alpha value is -2.02. The van der Waals surface area contributed by atoms with Crippen molar-refractivity contribution in [3.63, 3.8) is 0 Å². The third kappa shape index (κ3) is 2.24. The average Bonchev–Trinajstić information content (AvgIpc) is 2.90. The molecule has 1 atom stereocenters. The van der Waals surface area contributed by atoms with Gasteiger partial charge in [-0.25, -0.2) is 0 Å². The molecule has 1 unspecified atom stereocenters. The summed E-state index contributed by atoms with van der Waals surface area (Å²) in [6.45, 7) is 4.47. The minimum absolute atomic E-state index is 0.432. The molecule has 1 nitrogen and oxygen atoms in total. The highest BCUT2D eigenvalue weighted by Crippen LogP contribution is 2.30. The number of hydrogen-bond donors (Lipinski definition) is 0. The number of benzene rings is 2. The summed E-state index contributed by atoms with van der Waals surface area (Å²) >= 11 is 0. The summed E-state index contributed by atoms with van der Waals surface area (Å²) in [6.07, 6.45) is 4.59. The van der Waals surface area contributed by atoms with Gasteiger partial charge in [0.15, 0.2) is 0 Å². The van der Waals surface area contributed by atoms with E-state index in [9.17, 15) is 0 Å². The van der Waals surface area contributed by atoms with Gasteiger partial charge in [-0.1, -0.05) is 55.8 Å². The SMILES string of the molecule is CCCC(c1ccccc1C)n1ccc2ccccc21. The zero-order valence-corrected chi connectivity index (χ0v) is 12.2. The first-order valence-electron chi connectivity index (χ1n) is 7.42. The Labute approximate surface area is 120 Å². The zero-order chi connectivity index (χ0) is 13.9. The van der Waals surface area contributed by atoms with Crippen molar-refractivity contribution in [2.24, 2.45) is 0 Å². The summed E-state index contributed by atoms with van der Waals surface area (Å²) < 4.78 is 2.43. The lowest BCUT2D eigenvalue weighted by atomic mass is 9.97.